The zero-order chi connectivity index (χ0) is 25.1. The van der Waals surface area contributed by atoms with E-state index >= 15 is 0 Å². The van der Waals surface area contributed by atoms with Crippen molar-refractivity contribution in [2.24, 2.45) is 0 Å². The summed E-state index contributed by atoms with van der Waals surface area (Å²) in [6, 6.07) is 9.63. The highest BCUT2D eigenvalue weighted by atomic mass is 32.2. The van der Waals surface area contributed by atoms with E-state index in [9.17, 15) is 9.59 Å². The van der Waals surface area contributed by atoms with E-state index in [-0.39, 0.29) is 17.9 Å². The maximum Gasteiger partial charge on any atom is 0.272 e. The number of thioether (sulfide) groups is 1. The molecule has 1 N–H and O–H groups in total. The Bertz CT molecular complexity index is 1280. The summed E-state index contributed by atoms with van der Waals surface area (Å²) in [5, 5.41) is 2.78. The number of nitrogens with one attached hydrogen (secondary N) is 1. The molecule has 5 rings (SSSR count). The number of amides is 2. The van der Waals surface area contributed by atoms with Crippen molar-refractivity contribution < 1.29 is 14.3 Å². The number of methoxy groups -OCH3 is 1. The zero-order valence-electron chi connectivity index (χ0n) is 20.6. The molecule has 0 unspecified atom stereocenters. The number of hydrogen-bond donors (Lipinski definition) is 1. The van der Waals surface area contributed by atoms with Gasteiger partial charge in [0.25, 0.3) is 5.91 Å². The van der Waals surface area contributed by atoms with Crippen molar-refractivity contribution in [3.63, 3.8) is 0 Å². The van der Waals surface area contributed by atoms with Crippen molar-refractivity contribution in [3.8, 4) is 5.88 Å². The Kier molecular flexibility index (Phi) is 7.33. The summed E-state index contributed by atoms with van der Waals surface area (Å²) in [5.41, 5.74) is 3.31. The Morgan fingerprint density at radius 3 is 2.81 bits per heavy atom. The molecule has 3 aromatic rings. The number of piperidine rings is 1. The molecule has 5 heterocycles. The van der Waals surface area contributed by atoms with E-state index in [0.29, 0.717) is 29.7 Å². The molecule has 3 aromatic heterocycles. The first kappa shape index (κ1) is 24.5. The smallest absolute Gasteiger partial charge is 0.272 e. The van der Waals surface area contributed by atoms with Crippen molar-refractivity contribution in [1.29, 1.82) is 0 Å². The molecule has 36 heavy (non-hydrogen) atoms. The molecule has 0 aromatic carbocycles. The fraction of sp³-hybridized carbons (Fsp3) is 0.423. The summed E-state index contributed by atoms with van der Waals surface area (Å²) in [4.78, 5) is 43.8. The Morgan fingerprint density at radius 2 is 2.03 bits per heavy atom. The molecule has 0 aliphatic carbocycles. The summed E-state index contributed by atoms with van der Waals surface area (Å²) in [6.45, 7) is 5.42. The third kappa shape index (κ3) is 5.15. The number of carbonyl (C=O) groups excluding carboxylic acids is 2. The Labute approximate surface area is 214 Å². The topological polar surface area (TPSA) is 101 Å². The molecule has 0 bridgehead atoms. The predicted octanol–water partition coefficient (Wildman–Crippen LogP) is 3.25. The lowest BCUT2D eigenvalue weighted by Gasteiger charge is -2.38. The first-order valence-electron chi connectivity index (χ1n) is 12.3. The van der Waals surface area contributed by atoms with Crippen LogP contribution in [0.25, 0.3) is 11.0 Å². The third-order valence-corrected chi connectivity index (χ3v) is 7.89. The van der Waals surface area contributed by atoms with Crippen LogP contribution in [-0.4, -0.2) is 81.6 Å². The fourth-order valence-electron chi connectivity index (χ4n) is 4.91. The minimum Gasteiger partial charge on any atom is -0.481 e. The van der Waals surface area contributed by atoms with E-state index in [0.717, 1.165) is 60.4 Å². The fourth-order valence-corrected chi connectivity index (χ4v) is 5.66. The average molecular weight is 507 g/mol. The van der Waals surface area contributed by atoms with Crippen LogP contribution in [-0.2, 0) is 11.2 Å². The Hall–Kier alpha value is -3.24. The monoisotopic (exact) mass is 506 g/mol. The van der Waals surface area contributed by atoms with Gasteiger partial charge in [-0.2, -0.15) is 0 Å². The highest BCUT2D eigenvalue weighted by Gasteiger charge is 2.29. The standard InChI is InChI=1S/C26H30N6O3S/c1-3-32(26(34)20-4-6-21-25(28-20)29-22(33)16-36-21)18-10-14-31(15-11-18)13-9-17-8-12-27-19-5-7-23(35-2)30-24(17)19/h4-8,12,18H,3,9-11,13-16H2,1-2H3,(H,28,29,33). The second kappa shape index (κ2) is 10.8. The van der Waals surface area contributed by atoms with E-state index < -0.39 is 0 Å². The summed E-state index contributed by atoms with van der Waals surface area (Å²) < 4.78 is 5.29. The molecule has 10 heteroatoms. The normalized spacial score (nSPS) is 16.4. The maximum atomic E-state index is 13.3. The Morgan fingerprint density at radius 1 is 1.19 bits per heavy atom. The van der Waals surface area contributed by atoms with Crippen LogP contribution in [0.5, 0.6) is 5.88 Å². The number of anilines is 1. The molecule has 2 amide bonds. The Balaban J connectivity index is 1.20. The number of ether oxygens (including phenoxy) is 1. The number of aromatic nitrogens is 3. The van der Waals surface area contributed by atoms with Crippen LogP contribution in [0.3, 0.4) is 0 Å². The van der Waals surface area contributed by atoms with Gasteiger partial charge in [0, 0.05) is 44.5 Å². The lowest BCUT2D eigenvalue weighted by atomic mass is 10.0. The van der Waals surface area contributed by atoms with Crippen LogP contribution in [0.1, 0.15) is 35.8 Å². The largest absolute Gasteiger partial charge is 0.481 e. The molecular weight excluding hydrogens is 476 g/mol. The van der Waals surface area contributed by atoms with Gasteiger partial charge in [-0.05, 0) is 56.0 Å². The maximum absolute atomic E-state index is 13.3. The van der Waals surface area contributed by atoms with Gasteiger partial charge in [-0.3, -0.25) is 14.6 Å². The molecule has 0 radical (unpaired) electrons. The van der Waals surface area contributed by atoms with Crippen LogP contribution in [0, 0.1) is 0 Å². The molecule has 0 atom stereocenters. The molecule has 0 saturated carbocycles. The summed E-state index contributed by atoms with van der Waals surface area (Å²) in [5.74, 6) is 1.30. The first-order valence-corrected chi connectivity index (χ1v) is 13.3. The second-order valence-electron chi connectivity index (χ2n) is 8.99. The number of nitrogens with zero attached hydrogens (tertiary/aromatic N) is 5. The summed E-state index contributed by atoms with van der Waals surface area (Å²) >= 11 is 1.45. The van der Waals surface area contributed by atoms with Crippen LogP contribution in [0.4, 0.5) is 5.82 Å². The van der Waals surface area contributed by atoms with Gasteiger partial charge < -0.3 is 19.9 Å². The SMILES string of the molecule is CCN(C(=O)c1ccc2c(n1)NC(=O)CS2)C1CCN(CCc2ccnc3ccc(OC)nc23)CC1. The number of likely N-dealkylation sites (tertiary alicyclic amines) is 1. The van der Waals surface area contributed by atoms with Crippen molar-refractivity contribution >= 4 is 40.4 Å². The number of rotatable bonds is 7. The lowest BCUT2D eigenvalue weighted by molar-refractivity contribution is -0.113. The van der Waals surface area contributed by atoms with Crippen molar-refractivity contribution in [2.75, 3.05) is 44.4 Å². The summed E-state index contributed by atoms with van der Waals surface area (Å²) in [7, 11) is 1.62. The average Bonchev–Trinajstić information content (AvgIpc) is 2.92. The number of pyridine rings is 3. The molecule has 9 nitrogen and oxygen atoms in total. The van der Waals surface area contributed by atoms with Crippen LogP contribution < -0.4 is 10.1 Å². The van der Waals surface area contributed by atoms with Crippen LogP contribution in [0.2, 0.25) is 0 Å². The quantitative estimate of drug-likeness (QED) is 0.521. The molecule has 2 aliphatic rings. The highest BCUT2D eigenvalue weighted by Crippen LogP contribution is 2.30. The van der Waals surface area contributed by atoms with Gasteiger partial charge in [0.1, 0.15) is 11.5 Å². The second-order valence-corrected chi connectivity index (χ2v) is 10.0. The number of fused-ring (bicyclic) bond motifs is 2. The number of carbonyl (C=O) groups is 2. The van der Waals surface area contributed by atoms with Gasteiger partial charge in [0.05, 0.1) is 28.8 Å². The van der Waals surface area contributed by atoms with Crippen LogP contribution >= 0.6 is 11.8 Å². The first-order chi connectivity index (χ1) is 17.6. The molecule has 1 saturated heterocycles. The summed E-state index contributed by atoms with van der Waals surface area (Å²) in [6.07, 6.45) is 4.55. The lowest BCUT2D eigenvalue weighted by Crippen LogP contribution is -2.47. The number of hydrogen-bond acceptors (Lipinski definition) is 8. The van der Waals surface area contributed by atoms with Crippen molar-refractivity contribution in [3.05, 3.63) is 47.8 Å². The van der Waals surface area contributed by atoms with E-state index in [2.05, 4.69) is 25.2 Å². The highest BCUT2D eigenvalue weighted by molar-refractivity contribution is 8.00. The van der Waals surface area contributed by atoms with E-state index in [1.54, 1.807) is 13.2 Å². The van der Waals surface area contributed by atoms with Crippen molar-refractivity contribution in [2.45, 2.75) is 37.1 Å². The zero-order valence-corrected chi connectivity index (χ0v) is 21.4. The molecule has 1 fully saturated rings. The van der Waals surface area contributed by atoms with Crippen LogP contribution in [0.15, 0.2) is 41.4 Å². The van der Waals surface area contributed by atoms with Gasteiger partial charge in [-0.25, -0.2) is 9.97 Å². The van der Waals surface area contributed by atoms with E-state index in [4.69, 9.17) is 4.74 Å². The third-order valence-electron chi connectivity index (χ3n) is 6.84. The molecule has 0 spiro atoms. The minimum absolute atomic E-state index is 0.0770. The van der Waals surface area contributed by atoms with Crippen molar-refractivity contribution in [1.82, 2.24) is 24.8 Å². The van der Waals surface area contributed by atoms with Gasteiger partial charge >= 0.3 is 0 Å². The molecular formula is C26H30N6O3S. The molecule has 2 aliphatic heterocycles. The van der Waals surface area contributed by atoms with Gasteiger partial charge in [0.2, 0.25) is 11.8 Å². The van der Waals surface area contributed by atoms with E-state index in [1.807, 2.05) is 42.3 Å². The van der Waals surface area contributed by atoms with Gasteiger partial charge in [-0.15, -0.1) is 11.8 Å². The minimum atomic E-state index is -0.0843. The van der Waals surface area contributed by atoms with Gasteiger partial charge in [-0.1, -0.05) is 0 Å². The van der Waals surface area contributed by atoms with Gasteiger partial charge in [0.15, 0.2) is 0 Å². The molecule has 188 valence electrons. The predicted molar refractivity (Wildman–Crippen MR) is 140 cm³/mol. The van der Waals surface area contributed by atoms with E-state index in [1.165, 1.54) is 11.8 Å².